The molecule has 19 heavy (non-hydrogen) atoms. The predicted octanol–water partition coefficient (Wildman–Crippen LogP) is 3.70. The molecule has 0 aliphatic rings. The van der Waals surface area contributed by atoms with E-state index in [0.29, 0.717) is 33.0 Å². The number of rotatable bonds is 3. The van der Waals surface area contributed by atoms with Crippen molar-refractivity contribution in [3.63, 3.8) is 0 Å². The average molecular weight is 319 g/mol. The van der Waals surface area contributed by atoms with Gasteiger partial charge >= 0.3 is 0 Å². The van der Waals surface area contributed by atoms with Gasteiger partial charge in [0.1, 0.15) is 28.9 Å². The number of hydrogen-bond acceptors (Lipinski definition) is 4. The average Bonchev–Trinajstić information content (AvgIpc) is 2.39. The minimum absolute atomic E-state index is 0.442. The summed E-state index contributed by atoms with van der Waals surface area (Å²) in [6, 6.07) is 12.5. The van der Waals surface area contributed by atoms with Crippen molar-refractivity contribution in [1.82, 2.24) is 0 Å². The molecule has 0 aliphatic heterocycles. The predicted molar refractivity (Wildman–Crippen MR) is 76.3 cm³/mol. The summed E-state index contributed by atoms with van der Waals surface area (Å²) in [4.78, 5) is 0. The van der Waals surface area contributed by atoms with Crippen LogP contribution in [-0.2, 0) is 0 Å². The van der Waals surface area contributed by atoms with Gasteiger partial charge in [0, 0.05) is 10.5 Å². The molecule has 0 atom stereocenters. The topological polar surface area (TPSA) is 68.3 Å². The van der Waals surface area contributed by atoms with Crippen molar-refractivity contribution >= 4 is 21.6 Å². The highest BCUT2D eigenvalue weighted by Crippen LogP contribution is 2.32. The zero-order valence-electron chi connectivity index (χ0n) is 10.2. The monoisotopic (exact) mass is 318 g/mol. The highest BCUT2D eigenvalue weighted by molar-refractivity contribution is 9.10. The van der Waals surface area contributed by atoms with Gasteiger partial charge in [0.25, 0.3) is 0 Å². The quantitative estimate of drug-likeness (QED) is 0.876. The Bertz CT molecular complexity index is 650. The van der Waals surface area contributed by atoms with Crippen LogP contribution < -0.4 is 15.2 Å². The molecule has 0 radical (unpaired) electrons. The summed E-state index contributed by atoms with van der Waals surface area (Å²) in [6.07, 6.45) is 0. The van der Waals surface area contributed by atoms with Crippen LogP contribution in [0.3, 0.4) is 0 Å². The van der Waals surface area contributed by atoms with Crippen LogP contribution in [0.1, 0.15) is 5.56 Å². The Kier molecular flexibility index (Phi) is 3.93. The first-order valence-electron chi connectivity index (χ1n) is 5.45. The minimum Gasteiger partial charge on any atom is -0.495 e. The number of hydrogen-bond donors (Lipinski definition) is 1. The van der Waals surface area contributed by atoms with E-state index in [4.69, 9.17) is 20.5 Å². The lowest BCUT2D eigenvalue weighted by molar-refractivity contribution is 0.415. The summed E-state index contributed by atoms with van der Waals surface area (Å²) >= 11 is 3.31. The summed E-state index contributed by atoms with van der Waals surface area (Å²) in [7, 11) is 1.55. The lowest BCUT2D eigenvalue weighted by atomic mass is 10.2. The Hall–Kier alpha value is -2.19. The number of nitrogen functional groups attached to an aromatic ring is 1. The minimum atomic E-state index is 0.442. The molecule has 0 saturated carbocycles. The number of benzene rings is 2. The van der Waals surface area contributed by atoms with E-state index in [0.717, 1.165) is 0 Å². The fraction of sp³-hybridized carbons (Fsp3) is 0.0714. The maximum atomic E-state index is 9.11. The van der Waals surface area contributed by atoms with Crippen molar-refractivity contribution in [1.29, 1.82) is 5.26 Å². The lowest BCUT2D eigenvalue weighted by Crippen LogP contribution is -1.94. The first-order valence-corrected chi connectivity index (χ1v) is 6.25. The molecule has 2 rings (SSSR count). The number of methoxy groups -OCH3 is 1. The smallest absolute Gasteiger partial charge is 0.146 e. The van der Waals surface area contributed by atoms with Crippen molar-refractivity contribution < 1.29 is 9.47 Å². The molecule has 0 saturated heterocycles. The number of ether oxygens (including phenoxy) is 2. The molecule has 0 amide bonds. The molecule has 0 bridgehead atoms. The molecule has 0 heterocycles. The molecule has 0 aromatic heterocycles. The zero-order chi connectivity index (χ0) is 13.8. The van der Waals surface area contributed by atoms with Crippen LogP contribution in [0.25, 0.3) is 0 Å². The van der Waals surface area contributed by atoms with Gasteiger partial charge in [-0.2, -0.15) is 5.26 Å². The molecule has 0 unspecified atom stereocenters. The highest BCUT2D eigenvalue weighted by atomic mass is 79.9. The number of nitrogens with two attached hydrogens (primary N) is 1. The maximum Gasteiger partial charge on any atom is 0.146 e. The van der Waals surface area contributed by atoms with Gasteiger partial charge in [-0.05, 0) is 40.2 Å². The third-order valence-electron chi connectivity index (χ3n) is 2.52. The van der Waals surface area contributed by atoms with E-state index in [-0.39, 0.29) is 0 Å². The van der Waals surface area contributed by atoms with Gasteiger partial charge in [-0.1, -0.05) is 6.07 Å². The third kappa shape index (κ3) is 2.80. The second-order valence-electron chi connectivity index (χ2n) is 3.73. The molecule has 0 aliphatic carbocycles. The summed E-state index contributed by atoms with van der Waals surface area (Å²) in [6.45, 7) is 0. The first-order chi connectivity index (χ1) is 9.15. The van der Waals surface area contributed by atoms with E-state index in [1.165, 1.54) is 0 Å². The van der Waals surface area contributed by atoms with E-state index in [2.05, 4.69) is 22.0 Å². The Balaban J connectivity index is 2.34. The second-order valence-corrected chi connectivity index (χ2v) is 4.58. The zero-order valence-corrected chi connectivity index (χ0v) is 11.8. The van der Waals surface area contributed by atoms with E-state index >= 15 is 0 Å². The largest absolute Gasteiger partial charge is 0.495 e. The Morgan fingerprint density at radius 2 is 2.00 bits per heavy atom. The van der Waals surface area contributed by atoms with Crippen LogP contribution in [0.15, 0.2) is 40.9 Å². The number of nitriles is 1. The Morgan fingerprint density at radius 3 is 2.63 bits per heavy atom. The van der Waals surface area contributed by atoms with Crippen LogP contribution in [0.4, 0.5) is 5.69 Å². The Labute approximate surface area is 119 Å². The van der Waals surface area contributed by atoms with E-state index in [9.17, 15) is 0 Å². The van der Waals surface area contributed by atoms with E-state index in [1.807, 2.05) is 0 Å². The van der Waals surface area contributed by atoms with Crippen molar-refractivity contribution in [3.8, 4) is 23.3 Å². The summed E-state index contributed by atoms with van der Waals surface area (Å²) in [5, 5.41) is 9.11. The molecular formula is C14H11BrN2O2. The molecule has 4 nitrogen and oxygen atoms in total. The molecule has 0 fully saturated rings. The standard InChI is InChI=1S/C14H11BrN2O2/c1-18-14-6-5-9(7-12(14)17)19-13-4-2-3-11(15)10(13)8-16/h2-7H,17H2,1H3. The summed E-state index contributed by atoms with van der Waals surface area (Å²) in [5.41, 5.74) is 6.73. The summed E-state index contributed by atoms with van der Waals surface area (Å²) in [5.74, 6) is 1.61. The van der Waals surface area contributed by atoms with Gasteiger partial charge in [-0.3, -0.25) is 0 Å². The SMILES string of the molecule is COc1ccc(Oc2cccc(Br)c2C#N)cc1N. The molecule has 5 heteroatoms. The maximum absolute atomic E-state index is 9.11. The van der Waals surface area contributed by atoms with E-state index in [1.54, 1.807) is 43.5 Å². The molecule has 2 N–H and O–H groups in total. The second kappa shape index (κ2) is 5.63. The number of anilines is 1. The van der Waals surface area contributed by atoms with Crippen molar-refractivity contribution in [2.24, 2.45) is 0 Å². The van der Waals surface area contributed by atoms with Crippen LogP contribution in [-0.4, -0.2) is 7.11 Å². The van der Waals surface area contributed by atoms with Gasteiger partial charge in [-0.25, -0.2) is 0 Å². The molecular weight excluding hydrogens is 308 g/mol. The molecule has 96 valence electrons. The van der Waals surface area contributed by atoms with Crippen LogP contribution in [0.2, 0.25) is 0 Å². The van der Waals surface area contributed by atoms with Crippen LogP contribution in [0.5, 0.6) is 17.2 Å². The Morgan fingerprint density at radius 1 is 1.21 bits per heavy atom. The van der Waals surface area contributed by atoms with Crippen molar-refractivity contribution in [3.05, 3.63) is 46.4 Å². The molecule has 2 aromatic rings. The molecule has 0 spiro atoms. The van der Waals surface area contributed by atoms with Gasteiger partial charge in [0.05, 0.1) is 12.8 Å². The van der Waals surface area contributed by atoms with Gasteiger partial charge in [-0.15, -0.1) is 0 Å². The third-order valence-corrected chi connectivity index (χ3v) is 3.18. The van der Waals surface area contributed by atoms with E-state index < -0.39 is 0 Å². The highest BCUT2D eigenvalue weighted by Gasteiger charge is 2.09. The summed E-state index contributed by atoms with van der Waals surface area (Å²) < 4.78 is 11.4. The van der Waals surface area contributed by atoms with Gasteiger partial charge in [0.15, 0.2) is 0 Å². The van der Waals surface area contributed by atoms with Gasteiger partial charge < -0.3 is 15.2 Å². The molecule has 2 aromatic carbocycles. The lowest BCUT2D eigenvalue weighted by Gasteiger charge is -2.10. The van der Waals surface area contributed by atoms with Crippen LogP contribution in [0, 0.1) is 11.3 Å². The number of halogens is 1. The van der Waals surface area contributed by atoms with Crippen LogP contribution >= 0.6 is 15.9 Å². The normalized spacial score (nSPS) is 9.74. The number of nitrogens with zero attached hydrogens (tertiary/aromatic N) is 1. The van der Waals surface area contributed by atoms with Crippen molar-refractivity contribution in [2.75, 3.05) is 12.8 Å². The van der Waals surface area contributed by atoms with Gasteiger partial charge in [0.2, 0.25) is 0 Å². The first kappa shape index (κ1) is 13.2. The van der Waals surface area contributed by atoms with Crippen molar-refractivity contribution in [2.45, 2.75) is 0 Å². The fourth-order valence-corrected chi connectivity index (χ4v) is 2.04. The fourth-order valence-electron chi connectivity index (χ4n) is 1.60.